The molecular formula is C14H11Cl2F3N2. The maximum atomic E-state index is 12.5. The molecule has 0 radical (unpaired) electrons. The molecule has 0 aliphatic heterocycles. The van der Waals surface area contributed by atoms with Crippen molar-refractivity contribution in [3.8, 4) is 0 Å². The van der Waals surface area contributed by atoms with Crippen molar-refractivity contribution in [2.45, 2.75) is 18.6 Å². The third-order valence-electron chi connectivity index (χ3n) is 2.96. The van der Waals surface area contributed by atoms with Gasteiger partial charge in [0.25, 0.3) is 0 Å². The van der Waals surface area contributed by atoms with Gasteiger partial charge in [0.2, 0.25) is 0 Å². The molecule has 112 valence electrons. The standard InChI is InChI=1S/C14H11Cl2F3N2/c15-10-3-1-2-8(13(10)16)6-11(20)12-5-4-9(7-21-12)14(17,18)19/h1-5,7,11H,6,20H2. The maximum absolute atomic E-state index is 12.5. The molecule has 7 heteroatoms. The number of nitrogens with zero attached hydrogens (tertiary/aromatic N) is 1. The minimum absolute atomic E-state index is 0.331. The summed E-state index contributed by atoms with van der Waals surface area (Å²) in [7, 11) is 0. The number of hydrogen-bond acceptors (Lipinski definition) is 2. The van der Waals surface area contributed by atoms with E-state index in [1.165, 1.54) is 6.07 Å². The van der Waals surface area contributed by atoms with Crippen molar-refractivity contribution in [2.75, 3.05) is 0 Å². The van der Waals surface area contributed by atoms with Crippen LogP contribution in [0.3, 0.4) is 0 Å². The number of nitrogens with two attached hydrogens (primary N) is 1. The molecule has 1 aromatic carbocycles. The number of hydrogen-bond donors (Lipinski definition) is 1. The van der Waals surface area contributed by atoms with Gasteiger partial charge < -0.3 is 5.73 Å². The van der Waals surface area contributed by atoms with Crippen LogP contribution >= 0.6 is 23.2 Å². The molecule has 0 amide bonds. The van der Waals surface area contributed by atoms with E-state index in [4.69, 9.17) is 28.9 Å². The van der Waals surface area contributed by atoms with Gasteiger partial charge in [0, 0.05) is 6.20 Å². The number of pyridine rings is 1. The zero-order valence-corrected chi connectivity index (χ0v) is 12.2. The molecule has 0 spiro atoms. The third-order valence-corrected chi connectivity index (χ3v) is 3.82. The second-order valence-corrected chi connectivity index (χ2v) is 5.28. The Morgan fingerprint density at radius 2 is 1.86 bits per heavy atom. The summed E-state index contributed by atoms with van der Waals surface area (Å²) >= 11 is 12.0. The predicted octanol–water partition coefficient (Wildman–Crippen LogP) is 4.65. The van der Waals surface area contributed by atoms with Crippen molar-refractivity contribution in [1.29, 1.82) is 0 Å². The molecule has 0 aliphatic rings. The van der Waals surface area contributed by atoms with Gasteiger partial charge >= 0.3 is 6.18 Å². The summed E-state index contributed by atoms with van der Waals surface area (Å²) in [6.07, 6.45) is -3.31. The zero-order valence-electron chi connectivity index (χ0n) is 10.7. The largest absolute Gasteiger partial charge is 0.417 e. The quantitative estimate of drug-likeness (QED) is 0.887. The molecule has 2 N–H and O–H groups in total. The Labute approximate surface area is 129 Å². The van der Waals surface area contributed by atoms with Crippen LogP contribution in [0.2, 0.25) is 10.0 Å². The molecule has 2 aromatic rings. The van der Waals surface area contributed by atoms with E-state index >= 15 is 0 Å². The molecule has 2 rings (SSSR count). The highest BCUT2D eigenvalue weighted by molar-refractivity contribution is 6.42. The van der Waals surface area contributed by atoms with E-state index < -0.39 is 17.8 Å². The fraction of sp³-hybridized carbons (Fsp3) is 0.214. The van der Waals surface area contributed by atoms with Crippen molar-refractivity contribution in [2.24, 2.45) is 5.73 Å². The van der Waals surface area contributed by atoms with Crippen molar-refractivity contribution < 1.29 is 13.2 Å². The minimum Gasteiger partial charge on any atom is -0.322 e. The van der Waals surface area contributed by atoms with E-state index in [1.807, 2.05) is 0 Å². The van der Waals surface area contributed by atoms with Gasteiger partial charge in [-0.3, -0.25) is 4.98 Å². The van der Waals surface area contributed by atoms with Gasteiger partial charge in [-0.1, -0.05) is 35.3 Å². The second kappa shape index (κ2) is 6.22. The summed E-state index contributed by atoms with van der Waals surface area (Å²) in [6, 6.07) is 6.81. The number of alkyl halides is 3. The minimum atomic E-state index is -4.41. The highest BCUT2D eigenvalue weighted by Crippen LogP contribution is 2.30. The first-order chi connectivity index (χ1) is 9.79. The van der Waals surface area contributed by atoms with E-state index in [0.717, 1.165) is 17.8 Å². The van der Waals surface area contributed by atoms with Gasteiger partial charge in [0.1, 0.15) is 0 Å². The van der Waals surface area contributed by atoms with Crippen molar-refractivity contribution >= 4 is 23.2 Å². The molecule has 1 atom stereocenters. The molecule has 0 saturated heterocycles. The van der Waals surface area contributed by atoms with Gasteiger partial charge in [-0.05, 0) is 30.2 Å². The third kappa shape index (κ3) is 3.87. The number of benzene rings is 1. The van der Waals surface area contributed by atoms with E-state index in [2.05, 4.69) is 4.98 Å². The molecule has 0 saturated carbocycles. The highest BCUT2D eigenvalue weighted by Gasteiger charge is 2.30. The van der Waals surface area contributed by atoms with Crippen LogP contribution in [0.25, 0.3) is 0 Å². The van der Waals surface area contributed by atoms with Gasteiger partial charge in [0.05, 0.1) is 27.3 Å². The van der Waals surface area contributed by atoms with Crippen LogP contribution in [-0.2, 0) is 12.6 Å². The number of aromatic nitrogens is 1. The Balaban J connectivity index is 2.17. The molecule has 0 fully saturated rings. The topological polar surface area (TPSA) is 38.9 Å². The maximum Gasteiger partial charge on any atom is 0.417 e. The van der Waals surface area contributed by atoms with Crippen molar-refractivity contribution in [3.63, 3.8) is 0 Å². The van der Waals surface area contributed by atoms with Crippen LogP contribution < -0.4 is 5.73 Å². The fourth-order valence-electron chi connectivity index (χ4n) is 1.84. The predicted molar refractivity (Wildman–Crippen MR) is 76.3 cm³/mol. The van der Waals surface area contributed by atoms with E-state index in [0.29, 0.717) is 22.2 Å². The number of halogens is 5. The average molecular weight is 335 g/mol. The Bertz CT molecular complexity index is 627. The average Bonchev–Trinajstić information content (AvgIpc) is 2.43. The normalized spacial score (nSPS) is 13.2. The van der Waals surface area contributed by atoms with E-state index in [1.54, 1.807) is 18.2 Å². The summed E-state index contributed by atoms with van der Waals surface area (Å²) in [6.45, 7) is 0. The van der Waals surface area contributed by atoms with Gasteiger partial charge in [-0.15, -0.1) is 0 Å². The van der Waals surface area contributed by atoms with Crippen molar-refractivity contribution in [1.82, 2.24) is 4.98 Å². The van der Waals surface area contributed by atoms with Gasteiger partial charge in [0.15, 0.2) is 0 Å². The van der Waals surface area contributed by atoms with Gasteiger partial charge in [-0.25, -0.2) is 0 Å². The second-order valence-electron chi connectivity index (χ2n) is 4.49. The lowest BCUT2D eigenvalue weighted by atomic mass is 10.0. The monoisotopic (exact) mass is 334 g/mol. The van der Waals surface area contributed by atoms with Crippen LogP contribution in [0, 0.1) is 0 Å². The Morgan fingerprint density at radius 1 is 1.14 bits per heavy atom. The van der Waals surface area contributed by atoms with Crippen LogP contribution in [0.5, 0.6) is 0 Å². The first-order valence-electron chi connectivity index (χ1n) is 6.00. The van der Waals surface area contributed by atoms with Crippen LogP contribution in [0.4, 0.5) is 13.2 Å². The first-order valence-corrected chi connectivity index (χ1v) is 6.76. The molecule has 0 bridgehead atoms. The van der Waals surface area contributed by atoms with Crippen LogP contribution in [0.15, 0.2) is 36.5 Å². The zero-order chi connectivity index (χ0) is 15.6. The first kappa shape index (κ1) is 16.1. The summed E-state index contributed by atoms with van der Waals surface area (Å²) in [4.78, 5) is 3.77. The van der Waals surface area contributed by atoms with Crippen molar-refractivity contribution in [3.05, 3.63) is 63.4 Å². The molecule has 1 aromatic heterocycles. The summed E-state index contributed by atoms with van der Waals surface area (Å²) in [5, 5.41) is 0.795. The molecular weight excluding hydrogens is 324 g/mol. The Hall–Kier alpha value is -1.30. The SMILES string of the molecule is NC(Cc1cccc(Cl)c1Cl)c1ccc(C(F)(F)F)cn1. The summed E-state index contributed by atoms with van der Waals surface area (Å²) in [5.74, 6) is 0. The Morgan fingerprint density at radius 3 is 2.43 bits per heavy atom. The number of rotatable bonds is 3. The molecule has 1 heterocycles. The molecule has 21 heavy (non-hydrogen) atoms. The molecule has 0 aliphatic carbocycles. The van der Waals surface area contributed by atoms with Crippen LogP contribution in [-0.4, -0.2) is 4.98 Å². The lowest BCUT2D eigenvalue weighted by Crippen LogP contribution is -2.16. The van der Waals surface area contributed by atoms with E-state index in [-0.39, 0.29) is 0 Å². The van der Waals surface area contributed by atoms with E-state index in [9.17, 15) is 13.2 Å². The highest BCUT2D eigenvalue weighted by atomic mass is 35.5. The smallest absolute Gasteiger partial charge is 0.322 e. The fourth-order valence-corrected chi connectivity index (χ4v) is 2.24. The summed E-state index contributed by atoms with van der Waals surface area (Å²) < 4.78 is 37.4. The van der Waals surface area contributed by atoms with Crippen LogP contribution in [0.1, 0.15) is 22.9 Å². The summed E-state index contributed by atoms with van der Waals surface area (Å²) in [5.41, 5.74) is 6.23. The molecule has 2 nitrogen and oxygen atoms in total. The molecule has 1 unspecified atom stereocenters. The lowest BCUT2D eigenvalue weighted by Gasteiger charge is -2.14. The van der Waals surface area contributed by atoms with Gasteiger partial charge in [-0.2, -0.15) is 13.2 Å². The Kier molecular flexibility index (Phi) is 4.76. The lowest BCUT2D eigenvalue weighted by molar-refractivity contribution is -0.137.